The molecular formula is C12H18N2O4. The van der Waals surface area contributed by atoms with E-state index in [1.165, 1.54) is 0 Å². The first-order valence-electron chi connectivity index (χ1n) is 5.98. The Morgan fingerprint density at radius 1 is 1.44 bits per heavy atom. The summed E-state index contributed by atoms with van der Waals surface area (Å²) < 4.78 is 0. The second-order valence-corrected chi connectivity index (χ2v) is 4.67. The van der Waals surface area contributed by atoms with Crippen molar-refractivity contribution < 1.29 is 20.1 Å². The Morgan fingerprint density at radius 3 is 2.83 bits per heavy atom. The monoisotopic (exact) mass is 254 g/mol. The van der Waals surface area contributed by atoms with Crippen molar-refractivity contribution in [1.29, 1.82) is 0 Å². The molecule has 0 aromatic heterocycles. The fraction of sp³-hybridized carbons (Fsp3) is 0.583. The molecule has 0 radical (unpaired) electrons. The van der Waals surface area contributed by atoms with E-state index in [4.69, 9.17) is 5.11 Å². The van der Waals surface area contributed by atoms with Crippen molar-refractivity contribution in [3.8, 4) is 0 Å². The van der Waals surface area contributed by atoms with E-state index in [9.17, 15) is 15.0 Å². The summed E-state index contributed by atoms with van der Waals surface area (Å²) in [7, 11) is 0. The molecule has 2 rings (SSSR count). The lowest BCUT2D eigenvalue weighted by atomic mass is 10.1. The topological polar surface area (TPSA) is 93.0 Å². The van der Waals surface area contributed by atoms with E-state index in [2.05, 4.69) is 5.32 Å². The van der Waals surface area contributed by atoms with Gasteiger partial charge >= 0.3 is 0 Å². The number of aliphatic hydroxyl groups excluding tert-OH is 3. The van der Waals surface area contributed by atoms with Crippen LogP contribution in [0, 0.1) is 5.92 Å². The van der Waals surface area contributed by atoms with E-state index in [1.807, 2.05) is 11.0 Å². The fourth-order valence-electron chi connectivity index (χ4n) is 2.57. The molecule has 4 N–H and O–H groups in total. The largest absolute Gasteiger partial charge is 0.396 e. The van der Waals surface area contributed by atoms with Crippen LogP contribution in [0.25, 0.3) is 0 Å². The van der Waals surface area contributed by atoms with E-state index >= 15 is 0 Å². The number of aliphatic hydroxyl groups is 3. The molecule has 6 nitrogen and oxygen atoms in total. The summed E-state index contributed by atoms with van der Waals surface area (Å²) in [6.07, 6.45) is 4.73. The first-order chi connectivity index (χ1) is 8.67. The number of hydrogen-bond donors (Lipinski definition) is 4. The SMILES string of the molecule is O=CNC1=CN([C@@H]2C[C@H](CO)[C@@H](O)[C@H]2O)CC=C1. The van der Waals surface area contributed by atoms with Gasteiger partial charge < -0.3 is 25.5 Å². The highest BCUT2D eigenvalue weighted by Gasteiger charge is 2.43. The summed E-state index contributed by atoms with van der Waals surface area (Å²) in [5.41, 5.74) is 0.644. The third-order valence-electron chi connectivity index (χ3n) is 3.58. The summed E-state index contributed by atoms with van der Waals surface area (Å²) in [6, 6.07) is -0.245. The molecule has 1 fully saturated rings. The lowest BCUT2D eigenvalue weighted by molar-refractivity contribution is -0.108. The highest BCUT2D eigenvalue weighted by atomic mass is 16.3. The summed E-state index contributed by atoms with van der Waals surface area (Å²) >= 11 is 0. The van der Waals surface area contributed by atoms with Crippen LogP contribution in [0.15, 0.2) is 24.0 Å². The lowest BCUT2D eigenvalue weighted by Crippen LogP contribution is -2.42. The van der Waals surface area contributed by atoms with Crippen molar-refractivity contribution >= 4 is 6.41 Å². The normalized spacial score (nSPS) is 35.5. The van der Waals surface area contributed by atoms with Gasteiger partial charge in [0.05, 0.1) is 17.8 Å². The van der Waals surface area contributed by atoms with Crippen molar-refractivity contribution in [3.05, 3.63) is 24.0 Å². The van der Waals surface area contributed by atoms with Gasteiger partial charge in [-0.15, -0.1) is 0 Å². The molecule has 100 valence electrons. The first-order valence-corrected chi connectivity index (χ1v) is 5.98. The smallest absolute Gasteiger partial charge is 0.211 e. The predicted octanol–water partition coefficient (Wildman–Crippen LogP) is -1.45. The molecule has 0 bridgehead atoms. The zero-order valence-electron chi connectivity index (χ0n) is 9.94. The van der Waals surface area contributed by atoms with Gasteiger partial charge in [0.25, 0.3) is 0 Å². The van der Waals surface area contributed by atoms with E-state index < -0.39 is 12.2 Å². The van der Waals surface area contributed by atoms with Gasteiger partial charge in [-0.2, -0.15) is 0 Å². The Balaban J connectivity index is 2.08. The Labute approximate surface area is 105 Å². The average Bonchev–Trinajstić information content (AvgIpc) is 2.67. The number of allylic oxidation sites excluding steroid dienone is 1. The van der Waals surface area contributed by atoms with E-state index in [0.29, 0.717) is 25.1 Å². The van der Waals surface area contributed by atoms with Gasteiger partial charge in [-0.1, -0.05) is 6.08 Å². The highest BCUT2D eigenvalue weighted by molar-refractivity contribution is 5.52. The van der Waals surface area contributed by atoms with Crippen LogP contribution in [0.5, 0.6) is 0 Å². The molecule has 1 amide bonds. The van der Waals surface area contributed by atoms with Crippen molar-refractivity contribution in [2.45, 2.75) is 24.7 Å². The Bertz CT molecular complexity index is 369. The summed E-state index contributed by atoms with van der Waals surface area (Å²) in [6.45, 7) is 0.470. The fourth-order valence-corrected chi connectivity index (χ4v) is 2.57. The molecule has 0 spiro atoms. The zero-order valence-corrected chi connectivity index (χ0v) is 9.94. The van der Waals surface area contributed by atoms with Gasteiger partial charge in [0.2, 0.25) is 6.41 Å². The third kappa shape index (κ3) is 2.40. The van der Waals surface area contributed by atoms with Gasteiger partial charge in [-0.05, 0) is 12.5 Å². The maximum Gasteiger partial charge on any atom is 0.211 e. The Hall–Kier alpha value is -1.37. The number of carbonyl (C=O) groups excluding carboxylic acids is 1. The van der Waals surface area contributed by atoms with Gasteiger partial charge in [-0.3, -0.25) is 4.79 Å². The van der Waals surface area contributed by atoms with Gasteiger partial charge in [0.15, 0.2) is 0 Å². The van der Waals surface area contributed by atoms with Gasteiger partial charge in [0.1, 0.15) is 6.10 Å². The van der Waals surface area contributed by atoms with Crippen LogP contribution in [0.3, 0.4) is 0 Å². The number of rotatable bonds is 4. The van der Waals surface area contributed by atoms with E-state index in [0.717, 1.165) is 0 Å². The molecule has 2 aliphatic rings. The third-order valence-corrected chi connectivity index (χ3v) is 3.58. The quantitative estimate of drug-likeness (QED) is 0.461. The standard InChI is InChI=1S/C12H18N2O4/c15-6-8-4-10(12(18)11(8)17)14-3-1-2-9(5-14)13-7-16/h1-2,5,7-8,10-12,15,17-18H,3-4,6H2,(H,13,16)/t8-,10-,11-,12+/m1/s1. The van der Waals surface area contributed by atoms with Crippen molar-refractivity contribution in [2.24, 2.45) is 5.92 Å². The van der Waals surface area contributed by atoms with Crippen LogP contribution in [-0.4, -0.2) is 58.0 Å². The average molecular weight is 254 g/mol. The van der Waals surface area contributed by atoms with Gasteiger partial charge in [0, 0.05) is 25.3 Å². The summed E-state index contributed by atoms with van der Waals surface area (Å²) in [5.74, 6) is -0.299. The molecule has 1 heterocycles. The number of hydrogen-bond acceptors (Lipinski definition) is 5. The number of amides is 1. The molecule has 6 heteroatoms. The first kappa shape index (κ1) is 13.1. The van der Waals surface area contributed by atoms with Crippen LogP contribution in [-0.2, 0) is 4.79 Å². The molecule has 1 aliphatic heterocycles. The maximum absolute atomic E-state index is 10.4. The van der Waals surface area contributed by atoms with Crippen LogP contribution in [0.4, 0.5) is 0 Å². The van der Waals surface area contributed by atoms with Gasteiger partial charge in [-0.25, -0.2) is 0 Å². The molecule has 0 unspecified atom stereocenters. The predicted molar refractivity (Wildman–Crippen MR) is 64.1 cm³/mol. The Morgan fingerprint density at radius 2 is 2.22 bits per heavy atom. The number of carbonyl (C=O) groups is 1. The molecule has 0 saturated heterocycles. The maximum atomic E-state index is 10.4. The summed E-state index contributed by atoms with van der Waals surface area (Å²) in [4.78, 5) is 12.3. The molecular weight excluding hydrogens is 236 g/mol. The summed E-state index contributed by atoms with van der Waals surface area (Å²) in [5, 5.41) is 31.4. The second kappa shape index (κ2) is 5.51. The number of nitrogens with zero attached hydrogens (tertiary/aromatic N) is 1. The minimum absolute atomic E-state index is 0.137. The van der Waals surface area contributed by atoms with Crippen molar-refractivity contribution in [1.82, 2.24) is 10.2 Å². The van der Waals surface area contributed by atoms with Crippen LogP contribution < -0.4 is 5.32 Å². The van der Waals surface area contributed by atoms with Crippen molar-refractivity contribution in [2.75, 3.05) is 13.2 Å². The Kier molecular flexibility index (Phi) is 4.00. The molecule has 0 aromatic rings. The molecule has 0 aromatic carbocycles. The van der Waals surface area contributed by atoms with Crippen molar-refractivity contribution in [3.63, 3.8) is 0 Å². The number of nitrogens with one attached hydrogen (secondary N) is 1. The molecule has 1 aliphatic carbocycles. The minimum atomic E-state index is -0.901. The van der Waals surface area contributed by atoms with Crippen LogP contribution >= 0.6 is 0 Å². The molecule has 18 heavy (non-hydrogen) atoms. The van der Waals surface area contributed by atoms with Crippen LogP contribution in [0.1, 0.15) is 6.42 Å². The van der Waals surface area contributed by atoms with E-state index in [-0.39, 0.29) is 18.6 Å². The highest BCUT2D eigenvalue weighted by Crippen LogP contribution is 2.31. The minimum Gasteiger partial charge on any atom is -0.396 e. The zero-order chi connectivity index (χ0) is 13.1. The second-order valence-electron chi connectivity index (χ2n) is 4.67. The molecule has 1 saturated carbocycles. The lowest BCUT2D eigenvalue weighted by Gasteiger charge is -2.31. The van der Waals surface area contributed by atoms with E-state index in [1.54, 1.807) is 12.3 Å². The molecule has 4 atom stereocenters. The van der Waals surface area contributed by atoms with Crippen LogP contribution in [0.2, 0.25) is 0 Å².